The van der Waals surface area contributed by atoms with Gasteiger partial charge in [-0.2, -0.15) is 0 Å². The van der Waals surface area contributed by atoms with Crippen molar-refractivity contribution in [1.29, 1.82) is 0 Å². The molecule has 4 rings (SSSR count). The first-order valence-electron chi connectivity index (χ1n) is 8.77. The van der Waals surface area contributed by atoms with Gasteiger partial charge in [-0.1, -0.05) is 6.07 Å². The number of aromatic hydroxyl groups is 1. The Hall–Kier alpha value is -4.73. The zero-order valence-corrected chi connectivity index (χ0v) is 15.5. The standard InChI is InChI=1S/C21H12N2O8/c24-18-9-11(4-6-16(18)21(27)28)22-19(25)15-7-5-14(10-17(15)20(22)26)31-13-3-1-2-12(8-13)23(29)30/h1-10,24H,(H,27,28). The highest BCUT2D eigenvalue weighted by Crippen LogP contribution is 2.34. The monoisotopic (exact) mass is 420 g/mol. The zero-order valence-electron chi connectivity index (χ0n) is 15.5. The Balaban J connectivity index is 1.65. The number of non-ortho nitro benzene ring substituents is 1. The molecule has 2 N–H and O–H groups in total. The summed E-state index contributed by atoms with van der Waals surface area (Å²) < 4.78 is 5.59. The Morgan fingerprint density at radius 2 is 1.65 bits per heavy atom. The van der Waals surface area contributed by atoms with Gasteiger partial charge in [-0.05, 0) is 36.4 Å². The Morgan fingerprint density at radius 1 is 0.935 bits per heavy atom. The minimum atomic E-state index is -1.35. The summed E-state index contributed by atoms with van der Waals surface area (Å²) in [5, 5.41) is 29.8. The molecule has 10 heteroatoms. The van der Waals surface area contributed by atoms with Gasteiger partial charge in [0.1, 0.15) is 22.8 Å². The number of carboxylic acids is 1. The second-order valence-corrected chi connectivity index (χ2v) is 6.52. The lowest BCUT2D eigenvalue weighted by Gasteiger charge is -2.14. The maximum atomic E-state index is 12.8. The van der Waals surface area contributed by atoms with E-state index in [9.17, 15) is 29.6 Å². The molecule has 0 bridgehead atoms. The van der Waals surface area contributed by atoms with Crippen LogP contribution in [-0.2, 0) is 0 Å². The molecule has 0 atom stereocenters. The van der Waals surface area contributed by atoms with Gasteiger partial charge >= 0.3 is 5.97 Å². The number of aromatic carboxylic acids is 1. The molecule has 1 aliphatic rings. The number of amides is 2. The molecular weight excluding hydrogens is 408 g/mol. The largest absolute Gasteiger partial charge is 0.507 e. The number of carboxylic acid groups (broad SMARTS) is 1. The van der Waals surface area contributed by atoms with Crippen LogP contribution in [0.15, 0.2) is 60.7 Å². The summed E-state index contributed by atoms with van der Waals surface area (Å²) in [6.07, 6.45) is 0. The predicted molar refractivity (Wildman–Crippen MR) is 106 cm³/mol. The van der Waals surface area contributed by atoms with Gasteiger partial charge in [0.2, 0.25) is 0 Å². The van der Waals surface area contributed by atoms with E-state index in [0.29, 0.717) is 0 Å². The van der Waals surface area contributed by atoms with E-state index in [1.165, 1.54) is 48.5 Å². The summed E-state index contributed by atoms with van der Waals surface area (Å²) in [5.74, 6) is -2.91. The van der Waals surface area contributed by atoms with Crippen molar-refractivity contribution in [3.63, 3.8) is 0 Å². The van der Waals surface area contributed by atoms with E-state index in [2.05, 4.69) is 0 Å². The zero-order chi connectivity index (χ0) is 22.3. The molecule has 0 spiro atoms. The Kier molecular flexibility index (Phi) is 4.59. The Labute approximate surface area is 173 Å². The maximum absolute atomic E-state index is 12.8. The number of hydrogen-bond acceptors (Lipinski definition) is 7. The number of carbonyl (C=O) groups excluding carboxylic acids is 2. The van der Waals surface area contributed by atoms with E-state index in [-0.39, 0.29) is 39.6 Å². The van der Waals surface area contributed by atoms with Crippen molar-refractivity contribution in [2.75, 3.05) is 4.90 Å². The van der Waals surface area contributed by atoms with Crippen LogP contribution in [-0.4, -0.2) is 32.9 Å². The van der Waals surface area contributed by atoms with Gasteiger partial charge in [0.25, 0.3) is 17.5 Å². The lowest BCUT2D eigenvalue weighted by Crippen LogP contribution is -2.29. The summed E-state index contributed by atoms with van der Waals surface area (Å²) >= 11 is 0. The molecule has 154 valence electrons. The first kappa shape index (κ1) is 19.6. The quantitative estimate of drug-likeness (QED) is 0.361. The van der Waals surface area contributed by atoms with Crippen LogP contribution in [0.2, 0.25) is 0 Å². The smallest absolute Gasteiger partial charge is 0.339 e. The second kappa shape index (κ2) is 7.26. The molecule has 3 aromatic rings. The number of fused-ring (bicyclic) bond motifs is 1. The number of ether oxygens (including phenoxy) is 1. The van der Waals surface area contributed by atoms with E-state index in [0.717, 1.165) is 17.0 Å². The van der Waals surface area contributed by atoms with Crippen molar-refractivity contribution >= 4 is 29.2 Å². The van der Waals surface area contributed by atoms with Gasteiger partial charge in [-0.3, -0.25) is 19.7 Å². The topological polar surface area (TPSA) is 147 Å². The predicted octanol–water partition coefficient (Wildman–Crippen LogP) is 3.59. The molecule has 0 saturated heterocycles. The van der Waals surface area contributed by atoms with Crippen LogP contribution in [0, 0.1) is 10.1 Å². The fourth-order valence-corrected chi connectivity index (χ4v) is 3.15. The molecule has 31 heavy (non-hydrogen) atoms. The average molecular weight is 420 g/mol. The van der Waals surface area contributed by atoms with Crippen molar-refractivity contribution in [2.24, 2.45) is 0 Å². The molecule has 0 aliphatic carbocycles. The summed E-state index contributed by atoms with van der Waals surface area (Å²) in [6, 6.07) is 13.0. The van der Waals surface area contributed by atoms with Gasteiger partial charge in [-0.25, -0.2) is 9.69 Å². The van der Waals surface area contributed by atoms with E-state index in [1.807, 2.05) is 0 Å². The van der Waals surface area contributed by atoms with Crippen molar-refractivity contribution in [1.82, 2.24) is 0 Å². The summed E-state index contributed by atoms with van der Waals surface area (Å²) in [6.45, 7) is 0. The first-order chi connectivity index (χ1) is 14.8. The van der Waals surface area contributed by atoms with Gasteiger partial charge in [0.05, 0.1) is 27.8 Å². The number of phenols is 1. The summed E-state index contributed by atoms with van der Waals surface area (Å²) in [4.78, 5) is 47.8. The third kappa shape index (κ3) is 3.42. The number of hydrogen-bond donors (Lipinski definition) is 2. The lowest BCUT2D eigenvalue weighted by molar-refractivity contribution is -0.384. The lowest BCUT2D eigenvalue weighted by atomic mass is 10.1. The molecule has 1 heterocycles. The molecule has 0 saturated carbocycles. The van der Waals surface area contributed by atoms with Crippen LogP contribution in [0.1, 0.15) is 31.1 Å². The van der Waals surface area contributed by atoms with Crippen LogP contribution >= 0.6 is 0 Å². The third-order valence-electron chi connectivity index (χ3n) is 4.59. The summed E-state index contributed by atoms with van der Waals surface area (Å²) in [7, 11) is 0. The number of carbonyl (C=O) groups is 3. The minimum Gasteiger partial charge on any atom is -0.507 e. The number of rotatable bonds is 5. The van der Waals surface area contributed by atoms with E-state index >= 15 is 0 Å². The average Bonchev–Trinajstić information content (AvgIpc) is 2.97. The van der Waals surface area contributed by atoms with Gasteiger partial charge in [0, 0.05) is 12.1 Å². The van der Waals surface area contributed by atoms with Gasteiger partial charge in [-0.15, -0.1) is 0 Å². The second-order valence-electron chi connectivity index (χ2n) is 6.52. The molecular formula is C21H12N2O8. The molecule has 3 aromatic carbocycles. The fourth-order valence-electron chi connectivity index (χ4n) is 3.15. The molecule has 0 radical (unpaired) electrons. The number of nitrogens with zero attached hydrogens (tertiary/aromatic N) is 2. The molecule has 2 amide bonds. The van der Waals surface area contributed by atoms with Gasteiger partial charge < -0.3 is 14.9 Å². The number of nitro benzene ring substituents is 1. The Bertz CT molecular complexity index is 1280. The molecule has 10 nitrogen and oxygen atoms in total. The van der Waals surface area contributed by atoms with Crippen molar-refractivity contribution in [2.45, 2.75) is 0 Å². The summed E-state index contributed by atoms with van der Waals surface area (Å²) in [5.41, 5.74) is -0.392. The Morgan fingerprint density at radius 3 is 2.32 bits per heavy atom. The molecule has 0 fully saturated rings. The third-order valence-corrected chi connectivity index (χ3v) is 4.59. The van der Waals surface area contributed by atoms with E-state index in [4.69, 9.17) is 9.84 Å². The fraction of sp³-hybridized carbons (Fsp3) is 0. The van der Waals surface area contributed by atoms with Crippen LogP contribution in [0.5, 0.6) is 17.2 Å². The number of anilines is 1. The van der Waals surface area contributed by atoms with E-state index < -0.39 is 28.5 Å². The molecule has 0 aromatic heterocycles. The van der Waals surface area contributed by atoms with Crippen LogP contribution < -0.4 is 9.64 Å². The number of imide groups is 1. The van der Waals surface area contributed by atoms with Crippen LogP contribution in [0.3, 0.4) is 0 Å². The first-order valence-corrected chi connectivity index (χ1v) is 8.77. The number of nitro groups is 1. The minimum absolute atomic E-state index is 0.00912. The SMILES string of the molecule is O=C(O)c1ccc(N2C(=O)c3ccc(Oc4cccc([N+](=O)[O-])c4)cc3C2=O)cc1O. The van der Waals surface area contributed by atoms with Crippen molar-refractivity contribution in [3.05, 3.63) is 87.5 Å². The normalized spacial score (nSPS) is 12.6. The van der Waals surface area contributed by atoms with Crippen LogP contribution in [0.4, 0.5) is 11.4 Å². The number of benzene rings is 3. The highest BCUT2D eigenvalue weighted by Gasteiger charge is 2.37. The van der Waals surface area contributed by atoms with Crippen molar-refractivity contribution in [3.8, 4) is 17.2 Å². The maximum Gasteiger partial charge on any atom is 0.339 e. The van der Waals surface area contributed by atoms with Gasteiger partial charge in [0.15, 0.2) is 0 Å². The van der Waals surface area contributed by atoms with Crippen molar-refractivity contribution < 1.29 is 34.3 Å². The van der Waals surface area contributed by atoms with Crippen LogP contribution in [0.25, 0.3) is 0 Å². The highest BCUT2D eigenvalue weighted by atomic mass is 16.6. The molecule has 0 unspecified atom stereocenters. The highest BCUT2D eigenvalue weighted by molar-refractivity contribution is 6.34. The van der Waals surface area contributed by atoms with E-state index in [1.54, 1.807) is 0 Å². The molecule has 1 aliphatic heterocycles.